The summed E-state index contributed by atoms with van der Waals surface area (Å²) in [6.45, 7) is 1.80. The van der Waals surface area contributed by atoms with Crippen molar-refractivity contribution in [3.63, 3.8) is 0 Å². The Kier molecular flexibility index (Phi) is 6.73. The summed E-state index contributed by atoms with van der Waals surface area (Å²) in [6.07, 6.45) is -4.76. The zero-order valence-electron chi connectivity index (χ0n) is 16.3. The molecule has 2 N–H and O–H groups in total. The van der Waals surface area contributed by atoms with E-state index >= 15 is 0 Å². The topological polar surface area (TPSA) is 75.3 Å². The molecule has 11 heteroatoms. The second-order valence-corrected chi connectivity index (χ2v) is 9.28. The normalized spacial score (nSPS) is 11.8. The van der Waals surface area contributed by atoms with Crippen molar-refractivity contribution < 1.29 is 26.4 Å². The molecule has 0 spiro atoms. The molecule has 0 radical (unpaired) electrons. The summed E-state index contributed by atoms with van der Waals surface area (Å²) in [5, 5.41) is 1.92. The maximum absolute atomic E-state index is 13.3. The Labute approximate surface area is 192 Å². The first kappa shape index (κ1) is 23.9. The smallest absolute Gasteiger partial charge is 0.321 e. The minimum atomic E-state index is -4.76. The molecule has 0 unspecified atom stereocenters. The Bertz CT molecular complexity index is 1280. The molecule has 0 heterocycles. The lowest BCUT2D eigenvalue weighted by Gasteiger charge is -2.15. The third-order valence-electron chi connectivity index (χ3n) is 4.33. The van der Waals surface area contributed by atoms with Crippen molar-refractivity contribution in [2.24, 2.45) is 0 Å². The van der Waals surface area contributed by atoms with E-state index in [2.05, 4.69) is 10.0 Å². The first-order valence-electron chi connectivity index (χ1n) is 8.94. The average molecular weight is 503 g/mol. The van der Waals surface area contributed by atoms with E-state index in [0.29, 0.717) is 6.07 Å². The number of amides is 1. The highest BCUT2D eigenvalue weighted by Crippen LogP contribution is 2.37. The largest absolute Gasteiger partial charge is 0.418 e. The molecule has 5 nitrogen and oxygen atoms in total. The van der Waals surface area contributed by atoms with Crippen LogP contribution in [0.1, 0.15) is 21.5 Å². The number of sulfonamides is 1. The van der Waals surface area contributed by atoms with E-state index in [9.17, 15) is 26.4 Å². The second-order valence-electron chi connectivity index (χ2n) is 6.75. The van der Waals surface area contributed by atoms with Crippen molar-refractivity contribution in [2.75, 3.05) is 10.0 Å². The number of halogens is 5. The number of carbonyl (C=O) groups excluding carboxylic acids is 1. The maximum atomic E-state index is 13.3. The molecule has 0 saturated carbocycles. The van der Waals surface area contributed by atoms with Gasteiger partial charge in [0.1, 0.15) is 0 Å². The van der Waals surface area contributed by atoms with Crippen LogP contribution in [0.4, 0.5) is 24.5 Å². The fraction of sp³-hybridized carbons (Fsp3) is 0.0952. The van der Waals surface area contributed by atoms with Gasteiger partial charge in [0.25, 0.3) is 15.9 Å². The lowest BCUT2D eigenvalue weighted by Crippen LogP contribution is -2.18. The summed E-state index contributed by atoms with van der Waals surface area (Å²) in [6, 6.07) is 12.7. The fourth-order valence-electron chi connectivity index (χ4n) is 2.74. The zero-order valence-corrected chi connectivity index (χ0v) is 18.6. The minimum absolute atomic E-state index is 0.0000322. The van der Waals surface area contributed by atoms with Crippen molar-refractivity contribution >= 4 is 50.5 Å². The summed E-state index contributed by atoms with van der Waals surface area (Å²) in [7, 11) is -3.96. The van der Waals surface area contributed by atoms with Crippen LogP contribution >= 0.6 is 23.2 Å². The standard InChI is InChI=1S/C21H15Cl2F3N2O3S/c1-12-2-6-15(7-3-12)32(30,31)28-14-5-8-18(23)16(11-14)20(29)27-19-9-4-13(22)10-17(19)21(24,25)26/h2-11,28H,1H3,(H,27,29). The van der Waals surface area contributed by atoms with Crippen LogP contribution in [-0.4, -0.2) is 14.3 Å². The van der Waals surface area contributed by atoms with E-state index in [4.69, 9.17) is 23.2 Å². The third kappa shape index (κ3) is 5.53. The number of benzene rings is 3. The van der Waals surface area contributed by atoms with Gasteiger partial charge in [-0.3, -0.25) is 9.52 Å². The first-order valence-corrected chi connectivity index (χ1v) is 11.2. The van der Waals surface area contributed by atoms with Gasteiger partial charge in [-0.15, -0.1) is 0 Å². The predicted molar refractivity (Wildman–Crippen MR) is 118 cm³/mol. The monoisotopic (exact) mass is 502 g/mol. The molecule has 0 atom stereocenters. The van der Waals surface area contributed by atoms with Crippen molar-refractivity contribution in [2.45, 2.75) is 18.0 Å². The number of hydrogen-bond donors (Lipinski definition) is 2. The number of alkyl halides is 3. The number of anilines is 2. The molecular formula is C21H15Cl2F3N2O3S. The quantitative estimate of drug-likeness (QED) is 0.425. The Morgan fingerprint density at radius 2 is 1.59 bits per heavy atom. The molecule has 0 aromatic heterocycles. The molecule has 3 rings (SSSR count). The van der Waals surface area contributed by atoms with Gasteiger partial charge < -0.3 is 5.32 Å². The van der Waals surface area contributed by atoms with Gasteiger partial charge in [-0.1, -0.05) is 40.9 Å². The van der Waals surface area contributed by atoms with E-state index in [1.54, 1.807) is 19.1 Å². The molecule has 0 fully saturated rings. The van der Waals surface area contributed by atoms with E-state index in [0.717, 1.165) is 17.7 Å². The highest BCUT2D eigenvalue weighted by atomic mass is 35.5. The van der Waals surface area contributed by atoms with E-state index in [-0.39, 0.29) is 26.2 Å². The number of nitrogens with one attached hydrogen (secondary N) is 2. The fourth-order valence-corrected chi connectivity index (χ4v) is 4.17. The number of carbonyl (C=O) groups is 1. The number of rotatable bonds is 5. The molecule has 168 valence electrons. The Morgan fingerprint density at radius 3 is 2.22 bits per heavy atom. The van der Waals surface area contributed by atoms with Crippen molar-refractivity contribution in [1.82, 2.24) is 0 Å². The van der Waals surface area contributed by atoms with Gasteiger partial charge in [0.05, 0.1) is 26.7 Å². The van der Waals surface area contributed by atoms with Crippen LogP contribution in [0, 0.1) is 6.92 Å². The third-order valence-corrected chi connectivity index (χ3v) is 6.29. The van der Waals surface area contributed by atoms with E-state index in [1.807, 2.05) is 0 Å². The lowest BCUT2D eigenvalue weighted by molar-refractivity contribution is -0.136. The van der Waals surface area contributed by atoms with Crippen LogP contribution in [0.3, 0.4) is 0 Å². The molecule has 0 aliphatic carbocycles. The highest BCUT2D eigenvalue weighted by Gasteiger charge is 2.34. The molecular weight excluding hydrogens is 488 g/mol. The van der Waals surface area contributed by atoms with Crippen LogP contribution in [0.2, 0.25) is 10.0 Å². The summed E-state index contributed by atoms with van der Waals surface area (Å²) < 4.78 is 67.3. The summed E-state index contributed by atoms with van der Waals surface area (Å²) in [5.41, 5.74) is -1.000. The molecule has 0 aliphatic heterocycles. The Morgan fingerprint density at radius 1 is 0.938 bits per heavy atom. The van der Waals surface area contributed by atoms with Crippen molar-refractivity contribution in [1.29, 1.82) is 0 Å². The average Bonchev–Trinajstić information content (AvgIpc) is 2.70. The predicted octanol–water partition coefficient (Wildman–Crippen LogP) is 6.37. The van der Waals surface area contributed by atoms with Crippen LogP contribution in [0.15, 0.2) is 65.6 Å². The molecule has 32 heavy (non-hydrogen) atoms. The highest BCUT2D eigenvalue weighted by molar-refractivity contribution is 7.92. The van der Waals surface area contributed by atoms with Gasteiger partial charge >= 0.3 is 6.18 Å². The Hall–Kier alpha value is -2.75. The maximum Gasteiger partial charge on any atom is 0.418 e. The van der Waals surface area contributed by atoms with Crippen molar-refractivity contribution in [3.05, 3.63) is 87.4 Å². The second kappa shape index (κ2) is 9.01. The Balaban J connectivity index is 1.90. The number of hydrogen-bond acceptors (Lipinski definition) is 3. The summed E-state index contributed by atoms with van der Waals surface area (Å²) in [4.78, 5) is 12.7. The molecule has 0 saturated heterocycles. The summed E-state index contributed by atoms with van der Waals surface area (Å²) >= 11 is 11.7. The molecule has 1 amide bonds. The zero-order chi connectivity index (χ0) is 23.7. The summed E-state index contributed by atoms with van der Waals surface area (Å²) in [5.74, 6) is -0.959. The molecule has 0 aliphatic rings. The number of aryl methyl sites for hydroxylation is 1. The van der Waals surface area contributed by atoms with E-state index < -0.39 is 33.4 Å². The van der Waals surface area contributed by atoms with Gasteiger partial charge in [0, 0.05) is 10.7 Å². The first-order chi connectivity index (χ1) is 14.9. The van der Waals surface area contributed by atoms with Crippen molar-refractivity contribution in [3.8, 4) is 0 Å². The molecule has 0 bridgehead atoms. The van der Waals surface area contributed by atoms with Crippen LogP contribution in [0.25, 0.3) is 0 Å². The van der Waals surface area contributed by atoms with Gasteiger partial charge in [-0.25, -0.2) is 8.42 Å². The van der Waals surface area contributed by atoms with E-state index in [1.165, 1.54) is 30.3 Å². The van der Waals surface area contributed by atoms with Gasteiger partial charge in [-0.05, 0) is 55.5 Å². The molecule has 3 aromatic rings. The van der Waals surface area contributed by atoms with Crippen LogP contribution < -0.4 is 10.0 Å². The minimum Gasteiger partial charge on any atom is -0.321 e. The van der Waals surface area contributed by atoms with Crippen LogP contribution in [0.5, 0.6) is 0 Å². The van der Waals surface area contributed by atoms with Gasteiger partial charge in [0.2, 0.25) is 0 Å². The lowest BCUT2D eigenvalue weighted by atomic mass is 10.1. The van der Waals surface area contributed by atoms with Gasteiger partial charge in [-0.2, -0.15) is 13.2 Å². The van der Waals surface area contributed by atoms with Crippen LogP contribution in [-0.2, 0) is 16.2 Å². The SMILES string of the molecule is Cc1ccc(S(=O)(=O)Nc2ccc(Cl)c(C(=O)Nc3ccc(Cl)cc3C(F)(F)F)c2)cc1. The molecule has 3 aromatic carbocycles. The van der Waals surface area contributed by atoms with Gasteiger partial charge in [0.15, 0.2) is 0 Å².